The minimum atomic E-state index is -0.207. The molecule has 0 fully saturated rings. The zero-order valence-electron chi connectivity index (χ0n) is 17.0. The van der Waals surface area contributed by atoms with Gasteiger partial charge in [0.25, 0.3) is 5.91 Å². The van der Waals surface area contributed by atoms with Gasteiger partial charge in [0.2, 0.25) is 0 Å². The molecule has 3 aromatic heterocycles. The summed E-state index contributed by atoms with van der Waals surface area (Å²) in [6.07, 6.45) is 3.17. The molecule has 0 aliphatic heterocycles. The highest BCUT2D eigenvalue weighted by molar-refractivity contribution is 6.06. The van der Waals surface area contributed by atoms with Crippen LogP contribution in [0.15, 0.2) is 82.0 Å². The summed E-state index contributed by atoms with van der Waals surface area (Å²) in [5.41, 5.74) is 5.94. The molecule has 6 nitrogen and oxygen atoms in total. The van der Waals surface area contributed by atoms with E-state index >= 15 is 0 Å². The number of nitrogens with zero attached hydrogens (tertiary/aromatic N) is 2. The van der Waals surface area contributed by atoms with Crippen molar-refractivity contribution in [3.8, 4) is 22.9 Å². The molecule has 1 N–H and O–H groups in total. The van der Waals surface area contributed by atoms with Crippen molar-refractivity contribution in [3.05, 3.63) is 89.9 Å². The average molecular weight is 409 g/mol. The van der Waals surface area contributed by atoms with Gasteiger partial charge in [-0.3, -0.25) is 4.79 Å². The second kappa shape index (κ2) is 7.57. The summed E-state index contributed by atoms with van der Waals surface area (Å²) in [5.74, 6) is 0.963. The van der Waals surface area contributed by atoms with Crippen LogP contribution in [0.3, 0.4) is 0 Å². The molecular formula is C25H19N3O3. The van der Waals surface area contributed by atoms with Gasteiger partial charge in [-0.05, 0) is 79.6 Å². The highest BCUT2D eigenvalue weighted by Crippen LogP contribution is 2.31. The summed E-state index contributed by atoms with van der Waals surface area (Å²) in [4.78, 5) is 22.3. The molecule has 152 valence electrons. The predicted octanol–water partition coefficient (Wildman–Crippen LogP) is 6.02. The quantitative estimate of drug-likeness (QED) is 0.393. The van der Waals surface area contributed by atoms with Crippen molar-refractivity contribution < 1.29 is 13.6 Å². The number of benzene rings is 2. The number of nitrogens with one attached hydrogen (secondary N) is 1. The van der Waals surface area contributed by atoms with Gasteiger partial charge in [0, 0.05) is 11.3 Å². The summed E-state index contributed by atoms with van der Waals surface area (Å²) in [5, 5.41) is 2.95. The Morgan fingerprint density at radius 1 is 0.774 bits per heavy atom. The summed E-state index contributed by atoms with van der Waals surface area (Å²) < 4.78 is 11.1. The maximum absolute atomic E-state index is 12.8. The zero-order chi connectivity index (χ0) is 21.4. The number of fused-ring (bicyclic) bond motifs is 1. The first-order valence-electron chi connectivity index (χ1n) is 9.86. The minimum Gasteiger partial charge on any atom is -0.463 e. The highest BCUT2D eigenvalue weighted by Gasteiger charge is 2.18. The van der Waals surface area contributed by atoms with E-state index in [9.17, 15) is 4.79 Å². The van der Waals surface area contributed by atoms with Gasteiger partial charge in [0.05, 0.1) is 23.6 Å². The second-order valence-electron chi connectivity index (χ2n) is 7.33. The fourth-order valence-electron chi connectivity index (χ4n) is 3.39. The molecule has 31 heavy (non-hydrogen) atoms. The van der Waals surface area contributed by atoms with Crippen molar-refractivity contribution >= 4 is 22.6 Å². The largest absolute Gasteiger partial charge is 0.463 e. The molecule has 1 amide bonds. The summed E-state index contributed by atoms with van der Waals surface area (Å²) in [7, 11) is 0. The van der Waals surface area contributed by atoms with Crippen LogP contribution in [0, 0.1) is 13.8 Å². The fourth-order valence-corrected chi connectivity index (χ4v) is 3.39. The maximum atomic E-state index is 12.8. The van der Waals surface area contributed by atoms with Crippen LogP contribution in [0.25, 0.3) is 33.9 Å². The first-order valence-corrected chi connectivity index (χ1v) is 9.86. The van der Waals surface area contributed by atoms with Gasteiger partial charge in [0.1, 0.15) is 11.4 Å². The number of rotatable bonds is 4. The summed E-state index contributed by atoms with van der Waals surface area (Å²) in [6, 6.07) is 18.3. The first kappa shape index (κ1) is 18.8. The smallest absolute Gasteiger partial charge is 0.255 e. The van der Waals surface area contributed by atoms with Gasteiger partial charge >= 0.3 is 0 Å². The number of amides is 1. The number of carbonyl (C=O) groups is 1. The number of hydrogen-bond acceptors (Lipinski definition) is 5. The Bertz CT molecular complexity index is 1390. The van der Waals surface area contributed by atoms with E-state index in [2.05, 4.69) is 5.32 Å². The molecular weight excluding hydrogens is 390 g/mol. The number of aryl methyl sites for hydroxylation is 2. The van der Waals surface area contributed by atoms with Crippen molar-refractivity contribution in [1.82, 2.24) is 9.97 Å². The summed E-state index contributed by atoms with van der Waals surface area (Å²) >= 11 is 0. The number of carbonyl (C=O) groups excluding carboxylic acids is 1. The van der Waals surface area contributed by atoms with Gasteiger partial charge in [-0.1, -0.05) is 6.07 Å². The molecule has 0 saturated carbocycles. The second-order valence-corrected chi connectivity index (χ2v) is 7.33. The molecule has 0 spiro atoms. The van der Waals surface area contributed by atoms with E-state index in [1.165, 1.54) is 5.56 Å². The lowest BCUT2D eigenvalue weighted by Gasteiger charge is -2.10. The van der Waals surface area contributed by atoms with E-state index in [4.69, 9.17) is 18.8 Å². The number of anilines is 1. The van der Waals surface area contributed by atoms with E-state index in [1.807, 2.05) is 44.2 Å². The Labute approximate surface area is 178 Å². The van der Waals surface area contributed by atoms with Crippen molar-refractivity contribution in [2.45, 2.75) is 13.8 Å². The van der Waals surface area contributed by atoms with Crippen molar-refractivity contribution in [3.63, 3.8) is 0 Å². The minimum absolute atomic E-state index is 0.207. The van der Waals surface area contributed by atoms with Crippen LogP contribution in [0.2, 0.25) is 0 Å². The van der Waals surface area contributed by atoms with Crippen LogP contribution in [-0.2, 0) is 0 Å². The third-order valence-corrected chi connectivity index (χ3v) is 5.20. The normalized spacial score (nSPS) is 11.0. The summed E-state index contributed by atoms with van der Waals surface area (Å²) in [6.45, 7) is 4.06. The highest BCUT2D eigenvalue weighted by atomic mass is 16.3. The number of furan rings is 2. The Hall–Kier alpha value is -4.19. The van der Waals surface area contributed by atoms with Crippen LogP contribution < -0.4 is 5.32 Å². The lowest BCUT2D eigenvalue weighted by Crippen LogP contribution is -2.12. The number of hydrogen-bond donors (Lipinski definition) is 1. The van der Waals surface area contributed by atoms with Gasteiger partial charge in [0.15, 0.2) is 11.5 Å². The van der Waals surface area contributed by atoms with Gasteiger partial charge in [-0.25, -0.2) is 9.97 Å². The van der Waals surface area contributed by atoms with Crippen molar-refractivity contribution in [2.75, 3.05) is 5.32 Å². The Kier molecular flexibility index (Phi) is 4.59. The van der Waals surface area contributed by atoms with Crippen LogP contribution in [-0.4, -0.2) is 15.9 Å². The van der Waals surface area contributed by atoms with Crippen molar-refractivity contribution in [2.24, 2.45) is 0 Å². The van der Waals surface area contributed by atoms with E-state index in [0.29, 0.717) is 39.5 Å². The molecule has 0 radical (unpaired) electrons. The SMILES string of the molecule is Cc1ccc(NC(=O)c2ccc3nc(-c4ccco4)c(-c4ccco4)nc3c2)cc1C. The van der Waals surface area contributed by atoms with Gasteiger partial charge in [-0.2, -0.15) is 0 Å². The van der Waals surface area contributed by atoms with Crippen LogP contribution in [0.4, 0.5) is 5.69 Å². The average Bonchev–Trinajstić information content (AvgIpc) is 3.49. The van der Waals surface area contributed by atoms with E-state index in [0.717, 1.165) is 11.3 Å². The molecule has 0 aliphatic rings. The fraction of sp³-hybridized carbons (Fsp3) is 0.0800. The van der Waals surface area contributed by atoms with E-state index in [-0.39, 0.29) is 5.91 Å². The zero-order valence-corrected chi connectivity index (χ0v) is 17.0. The molecule has 2 aromatic carbocycles. The molecule has 0 atom stereocenters. The molecule has 0 bridgehead atoms. The third kappa shape index (κ3) is 3.59. The molecule has 5 rings (SSSR count). The molecule has 0 unspecified atom stereocenters. The molecule has 6 heteroatoms. The third-order valence-electron chi connectivity index (χ3n) is 5.20. The molecule has 5 aromatic rings. The molecule has 0 saturated heterocycles. The van der Waals surface area contributed by atoms with Crippen LogP contribution in [0.1, 0.15) is 21.5 Å². The standard InChI is InChI=1S/C25H19N3O3/c1-15-7-9-18(13-16(15)2)26-25(29)17-8-10-19-20(14-17)28-24(22-6-4-12-31-22)23(27-19)21-5-3-11-30-21/h3-14H,1-2H3,(H,26,29). The lowest BCUT2D eigenvalue weighted by molar-refractivity contribution is 0.102. The number of aromatic nitrogens is 2. The van der Waals surface area contributed by atoms with Crippen LogP contribution >= 0.6 is 0 Å². The molecule has 3 heterocycles. The monoisotopic (exact) mass is 409 g/mol. The van der Waals surface area contributed by atoms with Gasteiger partial charge < -0.3 is 14.2 Å². The topological polar surface area (TPSA) is 81.2 Å². The van der Waals surface area contributed by atoms with E-state index in [1.54, 1.807) is 42.9 Å². The Balaban J connectivity index is 1.55. The Morgan fingerprint density at radius 3 is 2.06 bits per heavy atom. The molecule has 0 aliphatic carbocycles. The lowest BCUT2D eigenvalue weighted by atomic mass is 10.1. The van der Waals surface area contributed by atoms with Crippen molar-refractivity contribution in [1.29, 1.82) is 0 Å². The maximum Gasteiger partial charge on any atom is 0.255 e. The van der Waals surface area contributed by atoms with Crippen LogP contribution in [0.5, 0.6) is 0 Å². The van der Waals surface area contributed by atoms with Gasteiger partial charge in [-0.15, -0.1) is 0 Å². The predicted molar refractivity (Wildman–Crippen MR) is 119 cm³/mol. The Morgan fingerprint density at radius 2 is 1.45 bits per heavy atom. The first-order chi connectivity index (χ1) is 15.1. The van der Waals surface area contributed by atoms with E-state index < -0.39 is 0 Å².